The van der Waals surface area contributed by atoms with Crippen molar-refractivity contribution in [2.24, 2.45) is 5.41 Å². The molecule has 0 aromatic rings. The van der Waals surface area contributed by atoms with E-state index in [-0.39, 0.29) is 0 Å². The first-order chi connectivity index (χ1) is 7.82. The number of ether oxygens (including phenoxy) is 1. The standard InChI is InChI=1S/C12H21IN2O/c13-15-11-7-10(16-9-1-2-9)8-12(11)3-5-14-6-4-12/h9-11,14-15H,1-8H2/t10-,11+/m0/s1. The molecule has 3 aliphatic rings. The average Bonchev–Trinajstić information content (AvgIpc) is 3.04. The van der Waals surface area contributed by atoms with Gasteiger partial charge in [-0.05, 0) is 57.0 Å². The highest BCUT2D eigenvalue weighted by Crippen LogP contribution is 2.47. The van der Waals surface area contributed by atoms with E-state index >= 15 is 0 Å². The summed E-state index contributed by atoms with van der Waals surface area (Å²) in [4.78, 5) is 0. The van der Waals surface area contributed by atoms with Crippen molar-refractivity contribution >= 4 is 22.9 Å². The quantitative estimate of drug-likeness (QED) is 0.611. The van der Waals surface area contributed by atoms with Crippen LogP contribution >= 0.6 is 22.9 Å². The molecule has 0 unspecified atom stereocenters. The van der Waals surface area contributed by atoms with Crippen LogP contribution in [0, 0.1) is 5.41 Å². The highest BCUT2D eigenvalue weighted by Gasteiger charge is 2.48. The Morgan fingerprint density at radius 2 is 1.94 bits per heavy atom. The fourth-order valence-electron chi connectivity index (χ4n) is 3.41. The zero-order chi connectivity index (χ0) is 11.0. The Labute approximate surface area is 112 Å². The molecule has 1 spiro atoms. The largest absolute Gasteiger partial charge is 0.375 e. The van der Waals surface area contributed by atoms with Crippen LogP contribution in [0.4, 0.5) is 0 Å². The molecule has 1 aliphatic heterocycles. The highest BCUT2D eigenvalue weighted by atomic mass is 127. The molecule has 1 heterocycles. The maximum Gasteiger partial charge on any atom is 0.0600 e. The van der Waals surface area contributed by atoms with Crippen LogP contribution in [0.3, 0.4) is 0 Å². The van der Waals surface area contributed by atoms with E-state index in [1.165, 1.54) is 51.6 Å². The van der Waals surface area contributed by atoms with Crippen LogP contribution in [-0.4, -0.2) is 31.3 Å². The second kappa shape index (κ2) is 4.71. The van der Waals surface area contributed by atoms with Crippen molar-refractivity contribution in [3.63, 3.8) is 0 Å². The molecule has 2 aliphatic carbocycles. The molecule has 2 atom stereocenters. The predicted molar refractivity (Wildman–Crippen MR) is 72.6 cm³/mol. The molecule has 0 bridgehead atoms. The van der Waals surface area contributed by atoms with Crippen molar-refractivity contribution in [1.29, 1.82) is 0 Å². The van der Waals surface area contributed by atoms with Gasteiger partial charge in [0.05, 0.1) is 12.2 Å². The van der Waals surface area contributed by atoms with Gasteiger partial charge in [0, 0.05) is 28.9 Å². The van der Waals surface area contributed by atoms with Gasteiger partial charge < -0.3 is 10.1 Å². The molecule has 2 N–H and O–H groups in total. The van der Waals surface area contributed by atoms with Crippen LogP contribution in [-0.2, 0) is 4.74 Å². The summed E-state index contributed by atoms with van der Waals surface area (Å²) in [7, 11) is 0. The third kappa shape index (κ3) is 2.26. The molecule has 2 saturated carbocycles. The Morgan fingerprint density at radius 1 is 1.19 bits per heavy atom. The van der Waals surface area contributed by atoms with Gasteiger partial charge in [-0.2, -0.15) is 0 Å². The Hall–Kier alpha value is 0.610. The Morgan fingerprint density at radius 3 is 2.56 bits per heavy atom. The third-order valence-corrected chi connectivity index (χ3v) is 5.26. The smallest absolute Gasteiger partial charge is 0.0600 e. The van der Waals surface area contributed by atoms with Crippen LogP contribution < -0.4 is 8.85 Å². The second-order valence-electron chi connectivity index (χ2n) is 5.67. The van der Waals surface area contributed by atoms with Gasteiger partial charge in [-0.1, -0.05) is 0 Å². The van der Waals surface area contributed by atoms with E-state index in [2.05, 4.69) is 31.7 Å². The summed E-state index contributed by atoms with van der Waals surface area (Å²) in [5.41, 5.74) is 0.520. The van der Waals surface area contributed by atoms with Crippen molar-refractivity contribution in [1.82, 2.24) is 8.85 Å². The first-order valence-electron chi connectivity index (χ1n) is 6.55. The molecule has 92 valence electrons. The van der Waals surface area contributed by atoms with E-state index in [4.69, 9.17) is 4.74 Å². The number of hydrogen-bond acceptors (Lipinski definition) is 3. The fraction of sp³-hybridized carbons (Fsp3) is 1.00. The maximum atomic E-state index is 6.12. The molecule has 16 heavy (non-hydrogen) atoms. The van der Waals surface area contributed by atoms with Crippen LogP contribution in [0.1, 0.15) is 38.5 Å². The molecule has 3 nitrogen and oxygen atoms in total. The minimum Gasteiger partial charge on any atom is -0.375 e. The van der Waals surface area contributed by atoms with Gasteiger partial charge in [-0.3, -0.25) is 3.53 Å². The number of rotatable bonds is 3. The van der Waals surface area contributed by atoms with Gasteiger partial charge in [0.2, 0.25) is 0 Å². The van der Waals surface area contributed by atoms with Crippen molar-refractivity contribution in [2.45, 2.75) is 56.8 Å². The zero-order valence-corrected chi connectivity index (χ0v) is 11.8. The summed E-state index contributed by atoms with van der Waals surface area (Å²) < 4.78 is 9.63. The third-order valence-electron chi connectivity index (χ3n) is 4.51. The van der Waals surface area contributed by atoms with Gasteiger partial charge in [-0.15, -0.1) is 0 Å². The van der Waals surface area contributed by atoms with Gasteiger partial charge >= 0.3 is 0 Å². The van der Waals surface area contributed by atoms with E-state index in [0.717, 1.165) is 0 Å². The van der Waals surface area contributed by atoms with Gasteiger partial charge in [0.15, 0.2) is 0 Å². The Kier molecular flexibility index (Phi) is 3.44. The molecule has 1 saturated heterocycles. The van der Waals surface area contributed by atoms with Crippen molar-refractivity contribution in [3.8, 4) is 0 Å². The lowest BCUT2D eigenvalue weighted by molar-refractivity contribution is 0.0327. The fourth-order valence-corrected chi connectivity index (χ4v) is 4.32. The molecule has 3 fully saturated rings. The Balaban J connectivity index is 1.66. The number of nitrogens with one attached hydrogen (secondary N) is 2. The first-order valence-corrected chi connectivity index (χ1v) is 7.63. The molecule has 0 radical (unpaired) electrons. The number of hydrogen-bond donors (Lipinski definition) is 2. The summed E-state index contributed by atoms with van der Waals surface area (Å²) in [6.07, 6.45) is 8.87. The monoisotopic (exact) mass is 336 g/mol. The first kappa shape index (κ1) is 11.7. The minimum absolute atomic E-state index is 0.520. The molecule has 0 aromatic carbocycles. The maximum absolute atomic E-state index is 6.12. The minimum atomic E-state index is 0.520. The van der Waals surface area contributed by atoms with Crippen LogP contribution in [0.25, 0.3) is 0 Å². The summed E-state index contributed by atoms with van der Waals surface area (Å²) in [5.74, 6) is 0. The molecular weight excluding hydrogens is 315 g/mol. The average molecular weight is 336 g/mol. The van der Waals surface area contributed by atoms with Crippen molar-refractivity contribution in [2.75, 3.05) is 13.1 Å². The summed E-state index contributed by atoms with van der Waals surface area (Å²) in [6, 6.07) is 0.666. The van der Waals surface area contributed by atoms with Crippen LogP contribution in [0.5, 0.6) is 0 Å². The van der Waals surface area contributed by atoms with Crippen molar-refractivity contribution < 1.29 is 4.74 Å². The van der Waals surface area contributed by atoms with E-state index < -0.39 is 0 Å². The lowest BCUT2D eigenvalue weighted by Gasteiger charge is -2.38. The topological polar surface area (TPSA) is 33.3 Å². The summed E-state index contributed by atoms with van der Waals surface area (Å²) in [6.45, 7) is 2.37. The number of halogens is 1. The lowest BCUT2D eigenvalue weighted by Crippen LogP contribution is -2.45. The normalized spacial score (nSPS) is 38.1. The van der Waals surface area contributed by atoms with Crippen LogP contribution in [0.2, 0.25) is 0 Å². The van der Waals surface area contributed by atoms with Gasteiger partial charge in [0.25, 0.3) is 0 Å². The van der Waals surface area contributed by atoms with Gasteiger partial charge in [0.1, 0.15) is 0 Å². The van der Waals surface area contributed by atoms with Crippen LogP contribution in [0.15, 0.2) is 0 Å². The van der Waals surface area contributed by atoms with E-state index in [1.807, 2.05) is 0 Å². The molecular formula is C12H21IN2O. The van der Waals surface area contributed by atoms with E-state index in [9.17, 15) is 0 Å². The summed E-state index contributed by atoms with van der Waals surface area (Å²) in [5, 5.41) is 3.48. The highest BCUT2D eigenvalue weighted by molar-refractivity contribution is 14.1. The summed E-state index contributed by atoms with van der Waals surface area (Å²) >= 11 is 2.34. The van der Waals surface area contributed by atoms with Gasteiger partial charge in [-0.25, -0.2) is 0 Å². The second-order valence-corrected chi connectivity index (χ2v) is 6.29. The molecule has 0 aromatic heterocycles. The number of piperidine rings is 1. The van der Waals surface area contributed by atoms with E-state index in [1.54, 1.807) is 0 Å². The molecule has 0 amide bonds. The molecule has 4 heteroatoms. The Bertz CT molecular complexity index is 251. The zero-order valence-electron chi connectivity index (χ0n) is 9.68. The van der Waals surface area contributed by atoms with Crippen molar-refractivity contribution in [3.05, 3.63) is 0 Å². The van der Waals surface area contributed by atoms with E-state index in [0.29, 0.717) is 23.7 Å². The molecule has 3 rings (SSSR count). The predicted octanol–water partition coefficient (Wildman–Crippen LogP) is 2.01. The SMILES string of the molecule is IN[C@@H]1C[C@H](OC2CC2)CC12CCNCC2. The lowest BCUT2D eigenvalue weighted by atomic mass is 9.75.